The third-order valence-electron chi connectivity index (χ3n) is 18.2. The largest absolute Gasteiger partial charge is 0.478 e. The van der Waals surface area contributed by atoms with Gasteiger partial charge < -0.3 is 68.3 Å². The fourth-order valence-corrected chi connectivity index (χ4v) is 11.8. The number of carbonyl (C=O) groups is 14. The molecule has 0 aliphatic rings. The average Bonchev–Trinajstić information content (AvgIpc) is 1.67. The molecule has 17 rings (SSSR count). The lowest BCUT2D eigenvalue weighted by Gasteiger charge is -2.02. The first-order chi connectivity index (χ1) is 64.1. The average molecular weight is 1840 g/mol. The van der Waals surface area contributed by atoms with Crippen LogP contribution in [-0.2, 0) is 33.2 Å². The fourth-order valence-electron chi connectivity index (χ4n) is 11.6. The van der Waals surface area contributed by atoms with Crippen LogP contribution in [0, 0.1) is 0 Å². The third-order valence-corrected chi connectivity index (χ3v) is 18.6. The molecule has 35 nitrogen and oxygen atoms in total. The van der Waals surface area contributed by atoms with Crippen molar-refractivity contribution in [1.29, 1.82) is 0 Å². The highest BCUT2D eigenvalue weighted by molar-refractivity contribution is 6.68. The maximum absolute atomic E-state index is 12.6. The predicted octanol–water partition coefficient (Wildman–Crippen LogP) is 15.7. The zero-order chi connectivity index (χ0) is 96.0. The first kappa shape index (κ1) is 98.8. The van der Waals surface area contributed by atoms with Crippen LogP contribution in [0.15, 0.2) is 293 Å². The van der Waals surface area contributed by atoms with Crippen molar-refractivity contribution >= 4 is 159 Å². The maximum Gasteiger partial charge on any atom is 0.356 e. The van der Waals surface area contributed by atoms with Crippen LogP contribution < -0.4 is 0 Å². The summed E-state index contributed by atoms with van der Waals surface area (Å²) in [6, 6.07) is 60.3. The Hall–Kier alpha value is -18.0. The van der Waals surface area contributed by atoms with Gasteiger partial charge in [0.1, 0.15) is 28.5 Å². The molecule has 12 heterocycles. The minimum atomic E-state index is -1.13. The molecule has 0 atom stereocenters. The normalized spacial score (nSPS) is 10.0. The third kappa shape index (κ3) is 27.5. The number of H-pyrrole nitrogens is 5. The number of nitrogens with one attached hydrogen (secondary N) is 5. The van der Waals surface area contributed by atoms with Crippen LogP contribution in [0.2, 0.25) is 0 Å². The summed E-state index contributed by atoms with van der Waals surface area (Å²) in [5.74, 6) is -6.62. The summed E-state index contributed by atoms with van der Waals surface area (Å²) in [5, 5.41) is 20.8. The van der Waals surface area contributed by atoms with Crippen LogP contribution in [-0.4, -0.2) is 201 Å². The number of hydrogen-bond donors (Lipinski definition) is 7. The van der Waals surface area contributed by atoms with Gasteiger partial charge in [0.2, 0.25) is 11.6 Å². The van der Waals surface area contributed by atoms with Crippen molar-refractivity contribution in [2.24, 2.45) is 0 Å². The zero-order valence-electron chi connectivity index (χ0n) is 71.1. The molecule has 7 N–H and O–H groups in total. The zero-order valence-corrected chi connectivity index (χ0v) is 72.6. The van der Waals surface area contributed by atoms with E-state index in [-0.39, 0.29) is 84.8 Å². The van der Waals surface area contributed by atoms with E-state index in [2.05, 4.69) is 129 Å². The Morgan fingerprint density at radius 2 is 0.586 bits per heavy atom. The quantitative estimate of drug-likeness (QED) is 0.0193. The van der Waals surface area contributed by atoms with Crippen LogP contribution in [0.5, 0.6) is 0 Å². The number of carboxylic acids is 2. The molecule has 0 unspecified atom stereocenters. The molecule has 5 aromatic carbocycles. The molecule has 0 aliphatic carbocycles. The van der Waals surface area contributed by atoms with Crippen molar-refractivity contribution in [3.63, 3.8) is 0 Å². The topological polar surface area (TPSA) is 513 Å². The number of hydrogen-bond acceptors (Lipinski definition) is 28. The molecule has 0 radical (unpaired) electrons. The van der Waals surface area contributed by atoms with Gasteiger partial charge in [-0.2, -0.15) is 0 Å². The number of aromatic nitrogens is 12. The van der Waals surface area contributed by atoms with Crippen LogP contribution >= 0.6 is 23.2 Å². The van der Waals surface area contributed by atoms with E-state index in [1.54, 1.807) is 30.7 Å². The fraction of sp³-hybridized carbons (Fsp3) is 0.0729. The number of nitrogens with zero attached hydrogens (tertiary/aromatic N) is 7. The van der Waals surface area contributed by atoms with Gasteiger partial charge in [0.05, 0.1) is 94.3 Å². The van der Waals surface area contributed by atoms with Gasteiger partial charge in [-0.25, -0.2) is 53.1 Å². The number of fused-ring (bicyclic) bond motifs is 5. The second-order valence-corrected chi connectivity index (χ2v) is 27.2. The van der Waals surface area contributed by atoms with Gasteiger partial charge in [-0.1, -0.05) is 97.1 Å². The number of esters is 7. The number of ether oxygens (including phenoxy) is 7. The van der Waals surface area contributed by atoms with Gasteiger partial charge in [0.15, 0.2) is 5.78 Å². The van der Waals surface area contributed by atoms with Crippen LogP contribution in [0.4, 0.5) is 0 Å². The highest BCUT2D eigenvalue weighted by atomic mass is 35.5. The monoisotopic (exact) mass is 1830 g/mol. The summed E-state index contributed by atoms with van der Waals surface area (Å²) < 4.78 is 31.5. The first-order valence-corrected chi connectivity index (χ1v) is 39.4. The van der Waals surface area contributed by atoms with E-state index in [4.69, 9.17) is 33.4 Å². The molecule has 0 fully saturated rings. The second-order valence-electron chi connectivity index (χ2n) is 26.6. The van der Waals surface area contributed by atoms with E-state index >= 15 is 0 Å². The van der Waals surface area contributed by atoms with Crippen molar-refractivity contribution in [3.05, 3.63) is 388 Å². The minimum absolute atomic E-state index is 0.0390. The van der Waals surface area contributed by atoms with Gasteiger partial charge >= 0.3 is 53.7 Å². The Bertz CT molecular complexity index is 6640. The van der Waals surface area contributed by atoms with E-state index in [1.165, 1.54) is 176 Å². The van der Waals surface area contributed by atoms with Gasteiger partial charge in [0.25, 0.3) is 10.5 Å². The number of aromatic carboxylic acids is 2. The molecule has 0 saturated heterocycles. The molecule has 133 heavy (non-hydrogen) atoms. The minimum Gasteiger partial charge on any atom is -0.478 e. The molecule has 12 aromatic heterocycles. The smallest absolute Gasteiger partial charge is 0.356 e. The van der Waals surface area contributed by atoms with Crippen LogP contribution in [0.3, 0.4) is 0 Å². The number of methoxy groups -OCH3 is 7. The van der Waals surface area contributed by atoms with Crippen molar-refractivity contribution in [1.82, 2.24) is 59.8 Å². The number of carbonyl (C=O) groups excluding carboxylic acids is 12. The second kappa shape index (κ2) is 49.2. The molecule has 0 saturated carbocycles. The summed E-state index contributed by atoms with van der Waals surface area (Å²) >= 11 is 10.3. The Balaban J connectivity index is 0.000000171. The van der Waals surface area contributed by atoms with Gasteiger partial charge in [0, 0.05) is 153 Å². The summed E-state index contributed by atoms with van der Waals surface area (Å²) in [5.41, 5.74) is 9.21. The standard InChI is InChI=1S/3C16H12N2O3.2C8H6ClNO3.2C8H7NO4.2C8H7N/c1-21-16(20)14-8-4-7-13(18-14)15(19)11-9-17-12-6-3-2-5-10(11)12;1-21-16(20)11-6-10(7-17-8-11)15(19)13-9-18-14-5-3-2-4-12(13)14;1-21-16(20)10-6-7-14(17-8-10)15(19)12-9-18-13-5-3-2-4-11(12)13;1-13-8(12)6-2-5(7(9)11)3-10-4-6;1-13-8(12)5-2-3-6(7(9)11)10-4-5;1-13-8(12)6-2-5(7(10)11)3-9-4-6;1-13-8(12)5-2-3-6(7(10)11)9-4-5;2*1-2-4-8-7(3-1)5-6-9-8/h2-9,17H,1H3;2*2-9,18H,1H3;2*2-4H,1H3;2*2-4H,1H3,(H,10,11);2*1-6,9H. The van der Waals surface area contributed by atoms with Crippen LogP contribution in [0.25, 0.3) is 54.5 Å². The van der Waals surface area contributed by atoms with E-state index < -0.39 is 64.2 Å². The van der Waals surface area contributed by atoms with Crippen LogP contribution in [0.1, 0.15) is 162 Å². The summed E-state index contributed by atoms with van der Waals surface area (Å²) in [6.45, 7) is 0. The molecule has 17 aromatic rings. The number of pyridine rings is 7. The number of benzene rings is 5. The molecule has 0 amide bonds. The van der Waals surface area contributed by atoms with E-state index in [1.807, 2.05) is 109 Å². The maximum atomic E-state index is 12.6. The number of rotatable bonds is 17. The van der Waals surface area contributed by atoms with E-state index in [0.717, 1.165) is 45.1 Å². The first-order valence-electron chi connectivity index (χ1n) is 38.7. The predicted molar refractivity (Wildman–Crippen MR) is 485 cm³/mol. The Labute approximate surface area is 763 Å². The Morgan fingerprint density at radius 3 is 0.955 bits per heavy atom. The number of para-hydroxylation sites is 5. The Kier molecular flexibility index (Phi) is 36.6. The molecular weight excluding hydrogens is 1760 g/mol. The number of halogens is 2. The van der Waals surface area contributed by atoms with E-state index in [0.29, 0.717) is 27.8 Å². The highest BCUT2D eigenvalue weighted by Gasteiger charge is 2.22. The molecule has 37 heteroatoms. The lowest BCUT2D eigenvalue weighted by atomic mass is 10.0. The molecule has 0 spiro atoms. The molecule has 0 bridgehead atoms. The van der Waals surface area contributed by atoms with Crippen molar-refractivity contribution in [3.8, 4) is 0 Å². The summed E-state index contributed by atoms with van der Waals surface area (Å²) in [6.07, 6.45) is 20.4. The lowest BCUT2D eigenvalue weighted by molar-refractivity contribution is 0.0585. The molecule has 672 valence electrons. The van der Waals surface area contributed by atoms with Gasteiger partial charge in [-0.15, -0.1) is 0 Å². The number of carboxylic acid groups (broad SMARTS) is 2. The SMILES string of the molecule is COC(=O)c1ccc(C(=O)Cl)nc1.COC(=O)c1ccc(C(=O)O)nc1.COC(=O)c1ccc(C(=O)c2c[nH]c3ccccc23)nc1.COC(=O)c1cccc(C(=O)c2c[nH]c3ccccc23)n1.COC(=O)c1cncc(C(=O)Cl)c1.COC(=O)c1cncc(C(=O)O)c1.COC(=O)c1cncc(C(=O)c2c[nH]c3ccccc23)c1.c1ccc2[nH]ccc2c1.c1ccc2[nH]ccc2c1. The van der Waals surface area contributed by atoms with Crippen molar-refractivity contribution in [2.45, 2.75) is 0 Å². The summed E-state index contributed by atoms with van der Waals surface area (Å²) in [7, 11) is 8.84. The molecule has 0 aliphatic heterocycles. The number of ketones is 3. The van der Waals surface area contributed by atoms with Crippen molar-refractivity contribution in [2.75, 3.05) is 49.8 Å². The van der Waals surface area contributed by atoms with Gasteiger partial charge in [-0.3, -0.25) is 48.9 Å². The summed E-state index contributed by atoms with van der Waals surface area (Å²) in [4.78, 5) is 200. The highest BCUT2D eigenvalue weighted by Crippen LogP contribution is 2.25. The van der Waals surface area contributed by atoms with Gasteiger partial charge in [-0.05, 0) is 143 Å². The number of aromatic amines is 5. The Morgan fingerprint density at radius 1 is 0.263 bits per heavy atom. The molecular formula is C96H76Cl2N12O23. The van der Waals surface area contributed by atoms with Crippen molar-refractivity contribution < 1.29 is 110 Å². The van der Waals surface area contributed by atoms with E-state index in [9.17, 15) is 67.1 Å². The lowest BCUT2D eigenvalue weighted by Crippen LogP contribution is -2.09.